The van der Waals surface area contributed by atoms with Crippen molar-refractivity contribution in [2.24, 2.45) is 0 Å². The standard InChI is InChI=1S/C12H14BrNO3S/c1-18(16,17)11-4-2-3-9(7-11)12(15)14-6-5-10(13)8-14/h2-4,7,10H,5-6,8H2,1H3. The van der Waals surface area contributed by atoms with Crippen LogP contribution in [0.3, 0.4) is 0 Å². The van der Waals surface area contributed by atoms with E-state index in [0.29, 0.717) is 23.5 Å². The monoisotopic (exact) mass is 331 g/mol. The number of benzene rings is 1. The van der Waals surface area contributed by atoms with E-state index in [1.165, 1.54) is 12.1 Å². The van der Waals surface area contributed by atoms with Crippen molar-refractivity contribution >= 4 is 31.7 Å². The molecule has 1 heterocycles. The average molecular weight is 332 g/mol. The first-order valence-corrected chi connectivity index (χ1v) is 8.42. The Morgan fingerprint density at radius 1 is 1.44 bits per heavy atom. The zero-order valence-electron chi connectivity index (χ0n) is 9.97. The Morgan fingerprint density at radius 3 is 2.72 bits per heavy atom. The molecule has 0 radical (unpaired) electrons. The summed E-state index contributed by atoms with van der Waals surface area (Å²) >= 11 is 3.48. The van der Waals surface area contributed by atoms with Gasteiger partial charge in [0.05, 0.1) is 4.90 Å². The Labute approximate surface area is 115 Å². The van der Waals surface area contributed by atoms with Gasteiger partial charge in [0, 0.05) is 29.7 Å². The van der Waals surface area contributed by atoms with Crippen molar-refractivity contribution in [1.82, 2.24) is 4.90 Å². The van der Waals surface area contributed by atoms with Gasteiger partial charge in [0.15, 0.2) is 9.84 Å². The Hall–Kier alpha value is -0.880. The van der Waals surface area contributed by atoms with Gasteiger partial charge in [0.25, 0.3) is 5.91 Å². The van der Waals surface area contributed by atoms with Crippen LogP contribution in [0.15, 0.2) is 29.2 Å². The van der Waals surface area contributed by atoms with Crippen LogP contribution in [0.25, 0.3) is 0 Å². The number of likely N-dealkylation sites (tertiary alicyclic amines) is 1. The second-order valence-corrected chi connectivity index (χ2v) is 7.75. The minimum absolute atomic E-state index is 0.109. The van der Waals surface area contributed by atoms with Crippen molar-refractivity contribution in [2.45, 2.75) is 16.1 Å². The molecule has 1 atom stereocenters. The highest BCUT2D eigenvalue weighted by atomic mass is 79.9. The minimum Gasteiger partial charge on any atom is -0.337 e. The summed E-state index contributed by atoms with van der Waals surface area (Å²) in [6, 6.07) is 6.20. The molecule has 0 N–H and O–H groups in total. The average Bonchev–Trinajstić information content (AvgIpc) is 2.74. The molecule has 0 spiro atoms. The third kappa shape index (κ3) is 2.92. The van der Waals surface area contributed by atoms with Gasteiger partial charge in [-0.1, -0.05) is 22.0 Å². The highest BCUT2D eigenvalue weighted by molar-refractivity contribution is 9.09. The zero-order valence-corrected chi connectivity index (χ0v) is 12.4. The first-order chi connectivity index (χ1) is 8.38. The van der Waals surface area contributed by atoms with Crippen LogP contribution in [0, 0.1) is 0 Å². The van der Waals surface area contributed by atoms with Gasteiger partial charge in [-0.2, -0.15) is 0 Å². The van der Waals surface area contributed by atoms with Crippen LogP contribution in [-0.2, 0) is 9.84 Å². The highest BCUT2D eigenvalue weighted by Gasteiger charge is 2.25. The second-order valence-electron chi connectivity index (χ2n) is 4.44. The summed E-state index contributed by atoms with van der Waals surface area (Å²) in [7, 11) is -3.27. The van der Waals surface area contributed by atoms with Crippen LogP contribution in [0.4, 0.5) is 0 Å². The molecule has 4 nitrogen and oxygen atoms in total. The first-order valence-electron chi connectivity index (χ1n) is 5.61. The lowest BCUT2D eigenvalue weighted by Gasteiger charge is -2.15. The smallest absolute Gasteiger partial charge is 0.253 e. The van der Waals surface area contributed by atoms with E-state index in [1.807, 2.05) is 0 Å². The number of nitrogens with zero attached hydrogens (tertiary/aromatic N) is 1. The van der Waals surface area contributed by atoms with Gasteiger partial charge in [-0.25, -0.2) is 8.42 Å². The van der Waals surface area contributed by atoms with Gasteiger partial charge in [0.2, 0.25) is 0 Å². The van der Waals surface area contributed by atoms with Gasteiger partial charge < -0.3 is 4.90 Å². The number of halogens is 1. The highest BCUT2D eigenvalue weighted by Crippen LogP contribution is 2.20. The molecule has 2 rings (SSSR count). The molecule has 1 unspecified atom stereocenters. The number of rotatable bonds is 2. The molecule has 0 aromatic heterocycles. The van der Waals surface area contributed by atoms with Crippen molar-refractivity contribution in [1.29, 1.82) is 0 Å². The summed E-state index contributed by atoms with van der Waals surface area (Å²) in [4.78, 5) is 14.4. The molecule has 1 saturated heterocycles. The van der Waals surface area contributed by atoms with Gasteiger partial charge in [-0.05, 0) is 24.6 Å². The number of hydrogen-bond donors (Lipinski definition) is 0. The molecule has 1 aromatic carbocycles. The fourth-order valence-electron chi connectivity index (χ4n) is 1.94. The molecule has 0 saturated carbocycles. The number of amides is 1. The summed E-state index contributed by atoms with van der Waals surface area (Å²) in [6.45, 7) is 1.37. The molecule has 1 aromatic rings. The predicted molar refractivity (Wildman–Crippen MR) is 72.8 cm³/mol. The van der Waals surface area contributed by atoms with E-state index in [0.717, 1.165) is 12.7 Å². The van der Waals surface area contributed by atoms with E-state index in [1.54, 1.807) is 17.0 Å². The van der Waals surface area contributed by atoms with E-state index in [2.05, 4.69) is 15.9 Å². The Bertz CT molecular complexity index is 570. The lowest BCUT2D eigenvalue weighted by molar-refractivity contribution is 0.0793. The summed E-state index contributed by atoms with van der Waals surface area (Å²) in [5.74, 6) is -0.109. The fraction of sp³-hybridized carbons (Fsp3) is 0.417. The Balaban J connectivity index is 2.26. The van der Waals surface area contributed by atoms with Crippen LogP contribution < -0.4 is 0 Å². The van der Waals surface area contributed by atoms with Crippen LogP contribution >= 0.6 is 15.9 Å². The first kappa shape index (κ1) is 13.5. The number of carbonyl (C=O) groups is 1. The predicted octanol–water partition coefficient (Wildman–Crippen LogP) is 1.70. The van der Waals surface area contributed by atoms with E-state index in [4.69, 9.17) is 0 Å². The normalized spacial score (nSPS) is 20.1. The van der Waals surface area contributed by atoms with E-state index < -0.39 is 9.84 Å². The zero-order chi connectivity index (χ0) is 13.3. The van der Waals surface area contributed by atoms with Crippen LogP contribution in [0.2, 0.25) is 0 Å². The van der Waals surface area contributed by atoms with Gasteiger partial charge in [-0.3, -0.25) is 4.79 Å². The number of carbonyl (C=O) groups excluding carboxylic acids is 1. The molecule has 6 heteroatoms. The molecule has 1 aliphatic rings. The van der Waals surface area contributed by atoms with Gasteiger partial charge in [-0.15, -0.1) is 0 Å². The Morgan fingerprint density at radius 2 is 2.17 bits per heavy atom. The fourth-order valence-corrected chi connectivity index (χ4v) is 3.17. The summed E-state index contributed by atoms with van der Waals surface area (Å²) in [5.41, 5.74) is 0.430. The molecular weight excluding hydrogens is 318 g/mol. The third-order valence-corrected chi connectivity index (χ3v) is 4.78. The van der Waals surface area contributed by atoms with E-state index >= 15 is 0 Å². The molecule has 1 aliphatic heterocycles. The number of hydrogen-bond acceptors (Lipinski definition) is 3. The molecule has 98 valence electrons. The van der Waals surface area contributed by atoms with Crippen molar-refractivity contribution in [3.05, 3.63) is 29.8 Å². The van der Waals surface area contributed by atoms with Crippen molar-refractivity contribution in [2.75, 3.05) is 19.3 Å². The summed E-state index contributed by atoms with van der Waals surface area (Å²) in [6.07, 6.45) is 2.07. The maximum Gasteiger partial charge on any atom is 0.253 e. The van der Waals surface area contributed by atoms with Crippen LogP contribution in [0.5, 0.6) is 0 Å². The molecule has 0 aliphatic carbocycles. The summed E-state index contributed by atoms with van der Waals surface area (Å²) < 4.78 is 22.9. The molecule has 0 bridgehead atoms. The van der Waals surface area contributed by atoms with E-state index in [9.17, 15) is 13.2 Å². The van der Waals surface area contributed by atoms with E-state index in [-0.39, 0.29) is 10.8 Å². The van der Waals surface area contributed by atoms with Crippen molar-refractivity contribution in [3.63, 3.8) is 0 Å². The van der Waals surface area contributed by atoms with Crippen molar-refractivity contribution < 1.29 is 13.2 Å². The third-order valence-electron chi connectivity index (χ3n) is 2.93. The minimum atomic E-state index is -3.27. The lowest BCUT2D eigenvalue weighted by Crippen LogP contribution is -2.28. The Kier molecular flexibility index (Phi) is 3.77. The maximum atomic E-state index is 12.2. The number of alkyl halides is 1. The summed E-state index contributed by atoms with van der Waals surface area (Å²) in [5, 5.41) is 0. The van der Waals surface area contributed by atoms with Crippen LogP contribution in [-0.4, -0.2) is 43.4 Å². The second kappa shape index (κ2) is 5.01. The maximum absolute atomic E-state index is 12.2. The SMILES string of the molecule is CS(=O)(=O)c1cccc(C(=O)N2CCC(Br)C2)c1. The van der Waals surface area contributed by atoms with Crippen LogP contribution in [0.1, 0.15) is 16.8 Å². The van der Waals surface area contributed by atoms with Crippen molar-refractivity contribution in [3.8, 4) is 0 Å². The van der Waals surface area contributed by atoms with Gasteiger partial charge in [0.1, 0.15) is 0 Å². The molecule has 1 fully saturated rings. The number of sulfone groups is 1. The lowest BCUT2D eigenvalue weighted by atomic mass is 10.2. The van der Waals surface area contributed by atoms with Gasteiger partial charge >= 0.3 is 0 Å². The largest absolute Gasteiger partial charge is 0.337 e. The molecule has 1 amide bonds. The quantitative estimate of drug-likeness (QED) is 0.775. The molecular formula is C12H14BrNO3S. The molecule has 18 heavy (non-hydrogen) atoms. The topological polar surface area (TPSA) is 54.5 Å².